The molecule has 1 saturated carbocycles. The summed E-state index contributed by atoms with van der Waals surface area (Å²) in [6.45, 7) is 1.91. The molecule has 2 rings (SSSR count). The molecule has 0 spiro atoms. The molecule has 0 radical (unpaired) electrons. The van der Waals surface area contributed by atoms with Crippen LogP contribution in [-0.2, 0) is 4.79 Å². The normalized spacial score (nSPS) is 23.6. The Labute approximate surface area is 87.9 Å². The summed E-state index contributed by atoms with van der Waals surface area (Å²) in [5.74, 6) is -0.195. The van der Waals surface area contributed by atoms with E-state index in [9.17, 15) is 4.79 Å². The van der Waals surface area contributed by atoms with Crippen molar-refractivity contribution in [2.75, 3.05) is 7.11 Å². The van der Waals surface area contributed by atoms with Crippen molar-refractivity contribution in [1.82, 2.24) is 4.98 Å². The number of rotatable bonds is 3. The maximum absolute atomic E-state index is 10.7. The van der Waals surface area contributed by atoms with Gasteiger partial charge in [0.25, 0.3) is 0 Å². The molecule has 0 bridgehead atoms. The predicted molar refractivity (Wildman–Crippen MR) is 54.0 cm³/mol. The van der Waals surface area contributed by atoms with E-state index in [1.54, 1.807) is 13.3 Å². The lowest BCUT2D eigenvalue weighted by Crippen LogP contribution is -2.00. The van der Waals surface area contributed by atoms with Gasteiger partial charge in [-0.3, -0.25) is 4.79 Å². The Kier molecular flexibility index (Phi) is 2.34. The summed E-state index contributed by atoms with van der Waals surface area (Å²) in [6, 6.07) is 1.96. The number of carboxylic acid groups (broad SMARTS) is 1. The highest BCUT2D eigenvalue weighted by molar-refractivity contribution is 5.75. The highest BCUT2D eigenvalue weighted by Crippen LogP contribution is 2.47. The Hall–Kier alpha value is -1.58. The first-order chi connectivity index (χ1) is 7.13. The van der Waals surface area contributed by atoms with Crippen LogP contribution in [0.15, 0.2) is 12.3 Å². The highest BCUT2D eigenvalue weighted by atomic mass is 16.5. The third kappa shape index (κ3) is 1.79. The van der Waals surface area contributed by atoms with E-state index in [-0.39, 0.29) is 11.8 Å². The van der Waals surface area contributed by atoms with E-state index in [1.165, 1.54) is 0 Å². The molecule has 4 nitrogen and oxygen atoms in total. The van der Waals surface area contributed by atoms with Gasteiger partial charge >= 0.3 is 5.97 Å². The number of nitrogens with zero attached hydrogens (tertiary/aromatic N) is 1. The maximum atomic E-state index is 10.7. The number of aliphatic carboxylic acids is 1. The van der Waals surface area contributed by atoms with Crippen molar-refractivity contribution in [3.63, 3.8) is 0 Å². The molecule has 1 N–H and O–H groups in total. The van der Waals surface area contributed by atoms with Gasteiger partial charge in [-0.1, -0.05) is 0 Å². The zero-order valence-electron chi connectivity index (χ0n) is 8.73. The van der Waals surface area contributed by atoms with Gasteiger partial charge in [-0.15, -0.1) is 0 Å². The molecule has 0 saturated heterocycles. The van der Waals surface area contributed by atoms with Crippen LogP contribution in [0.4, 0.5) is 0 Å². The molecule has 0 amide bonds. The van der Waals surface area contributed by atoms with Crippen LogP contribution in [0.5, 0.6) is 5.88 Å². The molecular weight excluding hydrogens is 194 g/mol. The average Bonchev–Trinajstić information content (AvgIpc) is 2.97. The minimum Gasteiger partial charge on any atom is -0.481 e. The van der Waals surface area contributed by atoms with Gasteiger partial charge in [0.1, 0.15) is 0 Å². The molecule has 0 aromatic carbocycles. The van der Waals surface area contributed by atoms with Crippen molar-refractivity contribution in [1.29, 1.82) is 0 Å². The van der Waals surface area contributed by atoms with E-state index in [0.29, 0.717) is 5.88 Å². The van der Waals surface area contributed by atoms with Crippen molar-refractivity contribution >= 4 is 5.97 Å². The van der Waals surface area contributed by atoms with Gasteiger partial charge in [-0.05, 0) is 30.9 Å². The van der Waals surface area contributed by atoms with E-state index >= 15 is 0 Å². The zero-order valence-corrected chi connectivity index (χ0v) is 8.73. The van der Waals surface area contributed by atoms with Crippen molar-refractivity contribution in [2.45, 2.75) is 19.3 Å². The predicted octanol–water partition coefficient (Wildman–Crippen LogP) is 1.59. The molecule has 1 fully saturated rings. The van der Waals surface area contributed by atoms with Crippen LogP contribution in [0, 0.1) is 12.8 Å². The number of pyridine rings is 1. The number of carbonyl (C=O) groups is 1. The topological polar surface area (TPSA) is 59.4 Å². The molecule has 1 aromatic rings. The quantitative estimate of drug-likeness (QED) is 0.817. The third-order valence-corrected chi connectivity index (χ3v) is 2.78. The molecule has 1 heterocycles. The molecule has 1 aromatic heterocycles. The Balaban J connectivity index is 2.18. The van der Waals surface area contributed by atoms with Gasteiger partial charge in [0.2, 0.25) is 5.88 Å². The second-order valence-electron chi connectivity index (χ2n) is 3.88. The number of hydrogen-bond acceptors (Lipinski definition) is 3. The van der Waals surface area contributed by atoms with E-state index in [2.05, 4.69) is 4.98 Å². The van der Waals surface area contributed by atoms with Crippen LogP contribution in [0.1, 0.15) is 23.5 Å². The lowest BCUT2D eigenvalue weighted by molar-refractivity contribution is -0.138. The SMILES string of the molecule is COc1ncc(C2CC2C(=O)O)cc1C. The lowest BCUT2D eigenvalue weighted by Gasteiger charge is -2.05. The first kappa shape index (κ1) is 9.96. The standard InChI is InChI=1S/C11H13NO3/c1-6-3-7(5-12-10(6)15-2)8-4-9(8)11(13)14/h3,5,8-9H,4H2,1-2H3,(H,13,14). The van der Waals surface area contributed by atoms with Gasteiger partial charge in [-0.2, -0.15) is 0 Å². The molecule has 0 aliphatic heterocycles. The lowest BCUT2D eigenvalue weighted by atomic mass is 10.1. The monoisotopic (exact) mass is 207 g/mol. The van der Waals surface area contributed by atoms with Crippen LogP contribution >= 0.6 is 0 Å². The summed E-state index contributed by atoms with van der Waals surface area (Å²) in [5.41, 5.74) is 1.95. The maximum Gasteiger partial charge on any atom is 0.307 e. The van der Waals surface area contributed by atoms with Crippen LogP contribution < -0.4 is 4.74 Å². The molecule has 2 atom stereocenters. The van der Waals surface area contributed by atoms with Crippen molar-refractivity contribution in [2.24, 2.45) is 5.92 Å². The molecule has 1 aliphatic rings. The average molecular weight is 207 g/mol. The molecule has 1 aliphatic carbocycles. The largest absolute Gasteiger partial charge is 0.481 e. The molecule has 15 heavy (non-hydrogen) atoms. The van der Waals surface area contributed by atoms with Gasteiger partial charge in [0.15, 0.2) is 0 Å². The Morgan fingerprint density at radius 1 is 1.67 bits per heavy atom. The third-order valence-electron chi connectivity index (χ3n) is 2.78. The zero-order chi connectivity index (χ0) is 11.0. The number of ether oxygens (including phenoxy) is 1. The number of aromatic nitrogens is 1. The minimum absolute atomic E-state index is 0.139. The van der Waals surface area contributed by atoms with E-state index in [1.807, 2.05) is 13.0 Å². The van der Waals surface area contributed by atoms with Crippen LogP contribution in [0.25, 0.3) is 0 Å². The fourth-order valence-electron chi connectivity index (χ4n) is 1.84. The van der Waals surface area contributed by atoms with E-state index in [4.69, 9.17) is 9.84 Å². The fourth-order valence-corrected chi connectivity index (χ4v) is 1.84. The first-order valence-electron chi connectivity index (χ1n) is 4.87. The smallest absolute Gasteiger partial charge is 0.307 e. The number of hydrogen-bond donors (Lipinski definition) is 1. The minimum atomic E-state index is -0.714. The van der Waals surface area contributed by atoms with Crippen LogP contribution in [-0.4, -0.2) is 23.2 Å². The van der Waals surface area contributed by atoms with E-state index in [0.717, 1.165) is 17.5 Å². The summed E-state index contributed by atoms with van der Waals surface area (Å²) in [4.78, 5) is 14.8. The Morgan fingerprint density at radius 3 is 2.87 bits per heavy atom. The number of carboxylic acids is 1. The summed E-state index contributed by atoms with van der Waals surface area (Å²) in [5, 5.41) is 8.81. The van der Waals surface area contributed by atoms with Crippen molar-refractivity contribution in [3.8, 4) is 5.88 Å². The van der Waals surface area contributed by atoms with Gasteiger partial charge in [0, 0.05) is 11.8 Å². The van der Waals surface area contributed by atoms with Crippen molar-refractivity contribution < 1.29 is 14.6 Å². The highest BCUT2D eigenvalue weighted by Gasteiger charge is 2.44. The summed E-state index contributed by atoms with van der Waals surface area (Å²) in [6.07, 6.45) is 2.43. The van der Waals surface area contributed by atoms with Crippen molar-refractivity contribution in [3.05, 3.63) is 23.4 Å². The van der Waals surface area contributed by atoms with Gasteiger partial charge in [-0.25, -0.2) is 4.98 Å². The van der Waals surface area contributed by atoms with Gasteiger partial charge < -0.3 is 9.84 Å². The Bertz CT molecular complexity index is 403. The fraction of sp³-hybridized carbons (Fsp3) is 0.455. The van der Waals surface area contributed by atoms with E-state index < -0.39 is 5.97 Å². The summed E-state index contributed by atoms with van der Waals surface area (Å²) < 4.78 is 5.05. The molecule has 2 unspecified atom stereocenters. The Morgan fingerprint density at radius 2 is 2.40 bits per heavy atom. The summed E-state index contributed by atoms with van der Waals surface area (Å²) >= 11 is 0. The molecule has 4 heteroatoms. The molecular formula is C11H13NO3. The first-order valence-corrected chi connectivity index (χ1v) is 4.87. The molecule has 80 valence electrons. The number of aryl methyl sites for hydroxylation is 1. The van der Waals surface area contributed by atoms with Crippen LogP contribution in [0.3, 0.4) is 0 Å². The number of methoxy groups -OCH3 is 1. The van der Waals surface area contributed by atoms with Gasteiger partial charge in [0.05, 0.1) is 13.0 Å². The summed E-state index contributed by atoms with van der Waals surface area (Å²) in [7, 11) is 1.58. The van der Waals surface area contributed by atoms with Crippen LogP contribution in [0.2, 0.25) is 0 Å². The second-order valence-corrected chi connectivity index (χ2v) is 3.88. The second kappa shape index (κ2) is 3.53.